The number of benzene rings is 1. The van der Waals surface area contributed by atoms with Gasteiger partial charge in [-0.3, -0.25) is 9.59 Å². The molecule has 1 aromatic carbocycles. The van der Waals surface area contributed by atoms with Gasteiger partial charge in [0.1, 0.15) is 5.01 Å². The van der Waals surface area contributed by atoms with Crippen LogP contribution < -0.4 is 10.6 Å². The first-order valence-electron chi connectivity index (χ1n) is 7.54. The Morgan fingerprint density at radius 1 is 1.22 bits per heavy atom. The normalized spacial score (nSPS) is 10.6. The molecule has 2 aromatic rings. The van der Waals surface area contributed by atoms with Gasteiger partial charge in [-0.2, -0.15) is 0 Å². The number of anilines is 1. The van der Waals surface area contributed by atoms with Crippen molar-refractivity contribution in [2.45, 2.75) is 39.7 Å². The fourth-order valence-corrected chi connectivity index (χ4v) is 2.76. The second-order valence-electron chi connectivity index (χ2n) is 5.41. The minimum atomic E-state index is -0.314. The number of aromatic nitrogens is 2. The Bertz CT molecular complexity index is 697. The second kappa shape index (κ2) is 7.82. The lowest BCUT2D eigenvalue weighted by Gasteiger charge is -2.09. The summed E-state index contributed by atoms with van der Waals surface area (Å²) in [7, 11) is 0. The standard InChI is InChI=1S/C16H20N4O2S/c1-4-6-13-19-20-16(23-13)15(22)18-12-8-5-7-11(9-12)14(21)17-10(2)3/h5,7-10H,4,6H2,1-3H3,(H,17,21)(H,18,22). The molecule has 6 nitrogen and oxygen atoms in total. The summed E-state index contributed by atoms with van der Waals surface area (Å²) >= 11 is 1.29. The summed E-state index contributed by atoms with van der Waals surface area (Å²) in [5, 5.41) is 14.6. The first-order valence-corrected chi connectivity index (χ1v) is 8.36. The maximum Gasteiger partial charge on any atom is 0.286 e. The van der Waals surface area contributed by atoms with Crippen LogP contribution in [-0.2, 0) is 6.42 Å². The van der Waals surface area contributed by atoms with Crippen LogP contribution in [0, 0.1) is 0 Å². The van der Waals surface area contributed by atoms with Crippen LogP contribution in [0.25, 0.3) is 0 Å². The lowest BCUT2D eigenvalue weighted by atomic mass is 10.2. The molecule has 0 atom stereocenters. The van der Waals surface area contributed by atoms with Crippen LogP contribution in [0.4, 0.5) is 5.69 Å². The number of nitrogens with zero attached hydrogens (tertiary/aromatic N) is 2. The SMILES string of the molecule is CCCc1nnc(C(=O)Nc2cccc(C(=O)NC(C)C)c2)s1. The highest BCUT2D eigenvalue weighted by Gasteiger charge is 2.14. The molecule has 122 valence electrons. The van der Waals surface area contributed by atoms with Crippen LogP contribution in [0.3, 0.4) is 0 Å². The van der Waals surface area contributed by atoms with Gasteiger partial charge < -0.3 is 10.6 Å². The van der Waals surface area contributed by atoms with Crippen LogP contribution in [0.5, 0.6) is 0 Å². The van der Waals surface area contributed by atoms with Crippen LogP contribution >= 0.6 is 11.3 Å². The van der Waals surface area contributed by atoms with E-state index in [1.807, 2.05) is 13.8 Å². The summed E-state index contributed by atoms with van der Waals surface area (Å²) in [5.41, 5.74) is 1.05. The molecule has 0 aliphatic rings. The van der Waals surface area contributed by atoms with E-state index in [0.717, 1.165) is 17.8 Å². The van der Waals surface area contributed by atoms with Crippen LogP contribution in [0.15, 0.2) is 24.3 Å². The Hall–Kier alpha value is -2.28. The highest BCUT2D eigenvalue weighted by molar-refractivity contribution is 7.13. The van der Waals surface area contributed by atoms with Crippen LogP contribution in [0.2, 0.25) is 0 Å². The second-order valence-corrected chi connectivity index (χ2v) is 6.48. The predicted molar refractivity (Wildman–Crippen MR) is 90.9 cm³/mol. The van der Waals surface area contributed by atoms with Crippen molar-refractivity contribution in [1.29, 1.82) is 0 Å². The van der Waals surface area contributed by atoms with Gasteiger partial charge in [0.25, 0.3) is 11.8 Å². The molecule has 2 rings (SSSR count). The summed E-state index contributed by atoms with van der Waals surface area (Å²) in [4.78, 5) is 24.2. The van der Waals surface area contributed by atoms with Crippen molar-refractivity contribution in [3.8, 4) is 0 Å². The van der Waals surface area contributed by atoms with E-state index in [2.05, 4.69) is 27.8 Å². The van der Waals surface area contributed by atoms with E-state index in [1.54, 1.807) is 24.3 Å². The Kier molecular flexibility index (Phi) is 5.81. The van der Waals surface area contributed by atoms with E-state index in [9.17, 15) is 9.59 Å². The molecule has 0 radical (unpaired) electrons. The zero-order chi connectivity index (χ0) is 16.8. The van der Waals surface area contributed by atoms with Gasteiger partial charge in [-0.05, 0) is 38.5 Å². The Labute approximate surface area is 139 Å². The van der Waals surface area contributed by atoms with Gasteiger partial charge in [-0.1, -0.05) is 24.3 Å². The van der Waals surface area contributed by atoms with Crippen molar-refractivity contribution in [2.24, 2.45) is 0 Å². The maximum atomic E-state index is 12.2. The van der Waals surface area contributed by atoms with E-state index < -0.39 is 0 Å². The fourth-order valence-electron chi connectivity index (χ4n) is 1.93. The number of carbonyl (C=O) groups is 2. The Balaban J connectivity index is 2.07. The minimum Gasteiger partial charge on any atom is -0.350 e. The van der Waals surface area contributed by atoms with Gasteiger partial charge in [0, 0.05) is 23.7 Å². The third kappa shape index (κ3) is 4.85. The van der Waals surface area contributed by atoms with Crippen molar-refractivity contribution in [1.82, 2.24) is 15.5 Å². The molecule has 0 aliphatic carbocycles. The van der Waals surface area contributed by atoms with E-state index in [-0.39, 0.29) is 17.9 Å². The molecule has 2 N–H and O–H groups in total. The third-order valence-electron chi connectivity index (χ3n) is 2.93. The molecule has 0 aliphatic heterocycles. The molecule has 1 aromatic heterocycles. The van der Waals surface area contributed by atoms with E-state index in [0.29, 0.717) is 16.3 Å². The zero-order valence-corrected chi connectivity index (χ0v) is 14.2. The largest absolute Gasteiger partial charge is 0.350 e. The molecule has 0 unspecified atom stereocenters. The summed E-state index contributed by atoms with van der Waals surface area (Å²) in [6, 6.07) is 6.87. The molecular weight excluding hydrogens is 312 g/mol. The molecule has 0 bridgehead atoms. The van der Waals surface area contributed by atoms with Crippen molar-refractivity contribution in [3.63, 3.8) is 0 Å². The van der Waals surface area contributed by atoms with Crippen molar-refractivity contribution in [3.05, 3.63) is 39.8 Å². The van der Waals surface area contributed by atoms with Gasteiger partial charge in [0.05, 0.1) is 0 Å². The molecule has 23 heavy (non-hydrogen) atoms. The van der Waals surface area contributed by atoms with E-state index in [4.69, 9.17) is 0 Å². The Morgan fingerprint density at radius 3 is 2.70 bits per heavy atom. The minimum absolute atomic E-state index is 0.0547. The summed E-state index contributed by atoms with van der Waals surface area (Å²) in [6.07, 6.45) is 1.78. The fraction of sp³-hybridized carbons (Fsp3) is 0.375. The lowest BCUT2D eigenvalue weighted by molar-refractivity contribution is 0.0941. The highest BCUT2D eigenvalue weighted by atomic mass is 32.1. The van der Waals surface area contributed by atoms with Crippen LogP contribution in [0.1, 0.15) is 52.4 Å². The monoisotopic (exact) mass is 332 g/mol. The number of carbonyl (C=O) groups excluding carboxylic acids is 2. The topological polar surface area (TPSA) is 84.0 Å². The first-order chi connectivity index (χ1) is 11.0. The number of hydrogen-bond donors (Lipinski definition) is 2. The molecule has 0 spiro atoms. The molecule has 1 heterocycles. The summed E-state index contributed by atoms with van der Waals surface area (Å²) in [6.45, 7) is 5.84. The molecular formula is C16H20N4O2S. The van der Waals surface area contributed by atoms with Crippen molar-refractivity contribution in [2.75, 3.05) is 5.32 Å². The van der Waals surface area contributed by atoms with Crippen molar-refractivity contribution >= 4 is 28.8 Å². The quantitative estimate of drug-likeness (QED) is 0.852. The number of aryl methyl sites for hydroxylation is 1. The molecule has 0 fully saturated rings. The number of rotatable bonds is 6. The third-order valence-corrected chi connectivity index (χ3v) is 3.91. The van der Waals surface area contributed by atoms with Crippen molar-refractivity contribution < 1.29 is 9.59 Å². The average molecular weight is 332 g/mol. The van der Waals surface area contributed by atoms with Gasteiger partial charge >= 0.3 is 0 Å². The van der Waals surface area contributed by atoms with Crippen LogP contribution in [-0.4, -0.2) is 28.1 Å². The summed E-state index contributed by atoms with van der Waals surface area (Å²) < 4.78 is 0. The lowest BCUT2D eigenvalue weighted by Crippen LogP contribution is -2.30. The Morgan fingerprint density at radius 2 is 2.00 bits per heavy atom. The van der Waals surface area contributed by atoms with E-state index >= 15 is 0 Å². The number of hydrogen-bond acceptors (Lipinski definition) is 5. The van der Waals surface area contributed by atoms with Gasteiger partial charge in [-0.15, -0.1) is 10.2 Å². The van der Waals surface area contributed by atoms with Gasteiger partial charge in [-0.25, -0.2) is 0 Å². The van der Waals surface area contributed by atoms with Gasteiger partial charge in [0.15, 0.2) is 0 Å². The highest BCUT2D eigenvalue weighted by Crippen LogP contribution is 2.16. The smallest absolute Gasteiger partial charge is 0.286 e. The summed E-state index contributed by atoms with van der Waals surface area (Å²) in [5.74, 6) is -0.483. The predicted octanol–water partition coefficient (Wildman–Crippen LogP) is 2.88. The molecule has 7 heteroatoms. The van der Waals surface area contributed by atoms with E-state index in [1.165, 1.54) is 11.3 Å². The number of amides is 2. The number of nitrogens with one attached hydrogen (secondary N) is 2. The maximum absolute atomic E-state index is 12.2. The van der Waals surface area contributed by atoms with Gasteiger partial charge in [0.2, 0.25) is 5.01 Å². The molecule has 0 saturated carbocycles. The zero-order valence-electron chi connectivity index (χ0n) is 13.4. The molecule has 2 amide bonds. The first kappa shape index (κ1) is 17.1. The average Bonchev–Trinajstić information content (AvgIpc) is 2.96. The molecule has 0 saturated heterocycles.